The molecule has 3 aromatic heterocycles. The molecule has 2 saturated carbocycles. The molecule has 1 amide bonds. The van der Waals surface area contributed by atoms with Crippen molar-refractivity contribution in [2.45, 2.75) is 58.2 Å². The topological polar surface area (TPSA) is 111 Å². The fraction of sp³-hybridized carbons (Fsp3) is 0.400. The van der Waals surface area contributed by atoms with Crippen molar-refractivity contribution in [1.82, 2.24) is 24.0 Å². The van der Waals surface area contributed by atoms with Crippen LogP contribution in [-0.4, -0.2) is 60.8 Å². The number of aromatic nitrogens is 4. The average molecular weight is 591 g/mol. The number of amides is 1. The van der Waals surface area contributed by atoms with E-state index in [9.17, 15) is 9.90 Å². The van der Waals surface area contributed by atoms with E-state index >= 15 is 0 Å². The van der Waals surface area contributed by atoms with Gasteiger partial charge in [0.2, 0.25) is 0 Å². The number of piperidine rings is 1. The first-order chi connectivity index (χ1) is 21.2. The lowest BCUT2D eigenvalue weighted by Crippen LogP contribution is -2.41. The number of nitrogens with zero attached hydrogens (tertiary/aromatic N) is 5. The Bertz CT molecular complexity index is 1990. The van der Waals surface area contributed by atoms with Gasteiger partial charge >= 0.3 is 0 Å². The molecule has 0 spiro atoms. The van der Waals surface area contributed by atoms with Crippen LogP contribution in [0.25, 0.3) is 44.8 Å². The number of phenolic OH excluding ortho intramolecular Hbond substituents is 1. The van der Waals surface area contributed by atoms with Gasteiger partial charge in [0, 0.05) is 54.3 Å². The Morgan fingerprint density at radius 2 is 1.89 bits per heavy atom. The SMILES string of the molecule is COc1cc(C(=O)N2CC3CCC2C3N)cc2nc(-c3cc4ccc(-c5c(C)ccc(O)c5C)nc4n3CC3CC3)n(C)c12. The lowest BCUT2D eigenvalue weighted by Gasteiger charge is -2.27. The largest absolute Gasteiger partial charge is 0.508 e. The van der Waals surface area contributed by atoms with Gasteiger partial charge in [-0.3, -0.25) is 4.79 Å². The second-order valence-electron chi connectivity index (χ2n) is 13.1. The number of imidazole rings is 1. The van der Waals surface area contributed by atoms with Crippen LogP contribution in [0.4, 0.5) is 0 Å². The first-order valence-electron chi connectivity index (χ1n) is 15.6. The Balaban J connectivity index is 1.26. The smallest absolute Gasteiger partial charge is 0.254 e. The van der Waals surface area contributed by atoms with Gasteiger partial charge in [0.15, 0.2) is 5.82 Å². The molecule has 2 aromatic carbocycles. The summed E-state index contributed by atoms with van der Waals surface area (Å²) in [4.78, 5) is 26.0. The van der Waals surface area contributed by atoms with E-state index in [1.54, 1.807) is 13.2 Å². The molecule has 9 nitrogen and oxygen atoms in total. The summed E-state index contributed by atoms with van der Waals surface area (Å²) < 4.78 is 10.2. The van der Waals surface area contributed by atoms with Crippen molar-refractivity contribution in [3.63, 3.8) is 0 Å². The molecule has 3 atom stereocenters. The van der Waals surface area contributed by atoms with Crippen LogP contribution in [0.1, 0.15) is 47.2 Å². The second-order valence-corrected chi connectivity index (χ2v) is 13.1. The van der Waals surface area contributed by atoms with E-state index in [2.05, 4.69) is 28.2 Å². The number of aryl methyl sites for hydroxylation is 2. The predicted octanol–water partition coefficient (Wildman–Crippen LogP) is 5.56. The van der Waals surface area contributed by atoms with Gasteiger partial charge < -0.3 is 29.6 Å². The molecule has 4 heterocycles. The molecule has 5 aromatic rings. The van der Waals surface area contributed by atoms with E-state index < -0.39 is 0 Å². The Kier molecular flexibility index (Phi) is 6.07. The summed E-state index contributed by atoms with van der Waals surface area (Å²) >= 11 is 0. The average Bonchev–Trinajstić information content (AvgIpc) is 3.43. The normalized spacial score (nSPS) is 21.2. The van der Waals surface area contributed by atoms with Crippen LogP contribution in [0.15, 0.2) is 42.5 Å². The molecule has 1 saturated heterocycles. The number of nitrogens with two attached hydrogens (primary N) is 1. The van der Waals surface area contributed by atoms with Crippen molar-refractivity contribution in [3.8, 4) is 34.3 Å². The lowest BCUT2D eigenvalue weighted by atomic mass is 9.98. The summed E-state index contributed by atoms with van der Waals surface area (Å²) in [5.74, 6) is 2.69. The molecule has 9 heteroatoms. The van der Waals surface area contributed by atoms with Gasteiger partial charge in [-0.1, -0.05) is 6.07 Å². The number of hydrogen-bond acceptors (Lipinski definition) is 6. The Morgan fingerprint density at radius 1 is 1.07 bits per heavy atom. The Labute approximate surface area is 256 Å². The van der Waals surface area contributed by atoms with Crippen molar-refractivity contribution in [1.29, 1.82) is 0 Å². The number of aromatic hydroxyl groups is 1. The van der Waals surface area contributed by atoms with Crippen LogP contribution in [0.5, 0.6) is 11.5 Å². The van der Waals surface area contributed by atoms with Crippen LogP contribution in [0, 0.1) is 25.7 Å². The maximum atomic E-state index is 13.7. The summed E-state index contributed by atoms with van der Waals surface area (Å²) in [6.07, 6.45) is 4.47. The number of methoxy groups -OCH3 is 1. The second kappa shape index (κ2) is 9.82. The van der Waals surface area contributed by atoms with Crippen molar-refractivity contribution in [2.75, 3.05) is 13.7 Å². The minimum Gasteiger partial charge on any atom is -0.508 e. The molecule has 3 fully saturated rings. The van der Waals surface area contributed by atoms with Gasteiger partial charge in [-0.05, 0) is 93.3 Å². The molecule has 3 unspecified atom stereocenters. The lowest BCUT2D eigenvalue weighted by molar-refractivity contribution is 0.0700. The van der Waals surface area contributed by atoms with Crippen LogP contribution >= 0.6 is 0 Å². The van der Waals surface area contributed by atoms with E-state index in [1.165, 1.54) is 12.8 Å². The van der Waals surface area contributed by atoms with Gasteiger partial charge in [0.25, 0.3) is 5.91 Å². The molecule has 44 heavy (non-hydrogen) atoms. The summed E-state index contributed by atoms with van der Waals surface area (Å²) in [6, 6.07) is 13.9. The highest BCUT2D eigenvalue weighted by Crippen LogP contribution is 2.41. The molecule has 3 N–H and O–H groups in total. The number of ether oxygens (including phenoxy) is 1. The zero-order valence-electron chi connectivity index (χ0n) is 25.7. The van der Waals surface area contributed by atoms with E-state index in [0.717, 1.165) is 81.9 Å². The third-order valence-electron chi connectivity index (χ3n) is 10.3. The fourth-order valence-corrected chi connectivity index (χ4v) is 7.69. The quantitative estimate of drug-likeness (QED) is 0.268. The number of benzene rings is 2. The zero-order valence-corrected chi connectivity index (χ0v) is 25.7. The highest BCUT2D eigenvalue weighted by Gasteiger charge is 2.47. The number of carbonyl (C=O) groups is 1. The number of fused-ring (bicyclic) bond motifs is 4. The van der Waals surface area contributed by atoms with E-state index in [1.807, 2.05) is 43.1 Å². The minimum atomic E-state index is -0.00262. The van der Waals surface area contributed by atoms with Gasteiger partial charge in [0.05, 0.1) is 24.0 Å². The van der Waals surface area contributed by atoms with Gasteiger partial charge in [-0.25, -0.2) is 9.97 Å². The molecule has 0 radical (unpaired) electrons. The number of rotatable bonds is 6. The zero-order chi connectivity index (χ0) is 30.4. The monoisotopic (exact) mass is 590 g/mol. The fourth-order valence-electron chi connectivity index (χ4n) is 7.69. The van der Waals surface area contributed by atoms with Crippen LogP contribution in [0.3, 0.4) is 0 Å². The number of carbonyl (C=O) groups excluding carboxylic acids is 1. The molecule has 2 bridgehead atoms. The molecule has 226 valence electrons. The number of likely N-dealkylation sites (tertiary alicyclic amines) is 1. The Morgan fingerprint density at radius 3 is 2.59 bits per heavy atom. The highest BCUT2D eigenvalue weighted by molar-refractivity contribution is 6.00. The van der Waals surface area contributed by atoms with Crippen molar-refractivity contribution >= 4 is 28.0 Å². The maximum absolute atomic E-state index is 13.7. The van der Waals surface area contributed by atoms with Gasteiger partial charge in [-0.15, -0.1) is 0 Å². The highest BCUT2D eigenvalue weighted by atomic mass is 16.5. The van der Waals surface area contributed by atoms with Crippen molar-refractivity contribution < 1.29 is 14.6 Å². The van der Waals surface area contributed by atoms with Crippen LogP contribution in [0.2, 0.25) is 0 Å². The van der Waals surface area contributed by atoms with Crippen LogP contribution < -0.4 is 10.5 Å². The molecule has 1 aliphatic heterocycles. The summed E-state index contributed by atoms with van der Waals surface area (Å²) in [6.45, 7) is 5.56. The maximum Gasteiger partial charge on any atom is 0.254 e. The molecular weight excluding hydrogens is 552 g/mol. The Hall–Kier alpha value is -4.37. The van der Waals surface area contributed by atoms with E-state index in [0.29, 0.717) is 23.1 Å². The van der Waals surface area contributed by atoms with Gasteiger partial charge in [-0.2, -0.15) is 0 Å². The number of hydrogen-bond donors (Lipinski definition) is 2. The third-order valence-corrected chi connectivity index (χ3v) is 10.3. The number of phenols is 1. The first kappa shape index (κ1) is 27.2. The van der Waals surface area contributed by atoms with Crippen LogP contribution in [-0.2, 0) is 13.6 Å². The molecule has 8 rings (SSSR count). The van der Waals surface area contributed by atoms with Gasteiger partial charge in [0.1, 0.15) is 22.7 Å². The van der Waals surface area contributed by atoms with E-state index in [-0.39, 0.29) is 23.7 Å². The standard InChI is InChI=1S/C35H38N6O3/c1-18-5-12-28(42)19(2)30(18)24-10-8-21-14-27(40(33(21)37-24)16-20-6-7-20)34-38-25-13-23(15-29(44-4)32(25)39(34)3)35(43)41-17-22-9-11-26(41)31(22)36/h5,8,10,12-15,20,22,26,31,42H,6-7,9,11,16-17,36H2,1-4H3. The number of pyridine rings is 1. The summed E-state index contributed by atoms with van der Waals surface area (Å²) in [7, 11) is 3.65. The summed E-state index contributed by atoms with van der Waals surface area (Å²) in [5, 5.41) is 11.5. The van der Waals surface area contributed by atoms with Crippen molar-refractivity contribution in [2.24, 2.45) is 24.6 Å². The first-order valence-corrected chi connectivity index (χ1v) is 15.6. The minimum absolute atomic E-state index is 0.00262. The predicted molar refractivity (Wildman–Crippen MR) is 171 cm³/mol. The molecule has 2 aliphatic carbocycles. The molecular formula is C35H38N6O3. The summed E-state index contributed by atoms with van der Waals surface area (Å²) in [5.41, 5.74) is 14.2. The molecule has 3 aliphatic rings. The third kappa shape index (κ3) is 4.05. The van der Waals surface area contributed by atoms with Crippen molar-refractivity contribution in [3.05, 3.63) is 59.2 Å². The van der Waals surface area contributed by atoms with E-state index in [4.69, 9.17) is 20.4 Å².